The van der Waals surface area contributed by atoms with Crippen LogP contribution in [-0.4, -0.2) is 48.1 Å². The van der Waals surface area contributed by atoms with Crippen molar-refractivity contribution in [2.75, 3.05) is 19.3 Å². The topological polar surface area (TPSA) is 87.6 Å². The average Bonchev–Trinajstić information content (AvgIpc) is 2.36. The van der Waals surface area contributed by atoms with Crippen LogP contribution in [0.3, 0.4) is 0 Å². The Morgan fingerprint density at radius 2 is 2.16 bits per heavy atom. The molecule has 0 aliphatic heterocycles. The third-order valence-electron chi connectivity index (χ3n) is 2.68. The second-order valence-electron chi connectivity index (χ2n) is 4.21. The molecule has 0 aliphatic rings. The number of carboxylic acids is 1. The minimum absolute atomic E-state index is 0.131. The van der Waals surface area contributed by atoms with Crippen molar-refractivity contribution in [3.63, 3.8) is 0 Å². The van der Waals surface area contributed by atoms with Crippen LogP contribution < -0.4 is 0 Å². The van der Waals surface area contributed by atoms with Crippen molar-refractivity contribution in [3.05, 3.63) is 30.1 Å². The second kappa shape index (κ2) is 7.20. The van der Waals surface area contributed by atoms with E-state index in [1.807, 2.05) is 12.1 Å². The monoisotopic (exact) mass is 286 g/mol. The van der Waals surface area contributed by atoms with Crippen LogP contribution in [0.25, 0.3) is 0 Å². The van der Waals surface area contributed by atoms with Crippen LogP contribution in [0.5, 0.6) is 0 Å². The van der Waals surface area contributed by atoms with Crippen LogP contribution >= 0.6 is 0 Å². The quantitative estimate of drug-likeness (QED) is 0.762. The molecule has 6 nitrogen and oxygen atoms in total. The minimum atomic E-state index is -3.38. The van der Waals surface area contributed by atoms with Crippen LogP contribution in [0.1, 0.15) is 18.5 Å². The van der Waals surface area contributed by atoms with Crippen LogP contribution in [0, 0.1) is 0 Å². The van der Waals surface area contributed by atoms with Crippen molar-refractivity contribution in [1.29, 1.82) is 0 Å². The summed E-state index contributed by atoms with van der Waals surface area (Å²) in [4.78, 5) is 14.5. The summed E-state index contributed by atoms with van der Waals surface area (Å²) in [7, 11) is -1.88. The molecule has 1 heterocycles. The third-order valence-corrected chi connectivity index (χ3v) is 4.61. The zero-order valence-corrected chi connectivity index (χ0v) is 11.6. The summed E-state index contributed by atoms with van der Waals surface area (Å²) in [6.45, 7) is 0.340. The molecule has 1 rings (SSSR count). The van der Waals surface area contributed by atoms with E-state index < -0.39 is 16.0 Å². The van der Waals surface area contributed by atoms with Gasteiger partial charge in [0.25, 0.3) is 0 Å². The normalized spacial score (nSPS) is 11.7. The van der Waals surface area contributed by atoms with Gasteiger partial charge in [0.1, 0.15) is 0 Å². The highest BCUT2D eigenvalue weighted by molar-refractivity contribution is 7.89. The fourth-order valence-electron chi connectivity index (χ4n) is 1.52. The summed E-state index contributed by atoms with van der Waals surface area (Å²) >= 11 is 0. The summed E-state index contributed by atoms with van der Waals surface area (Å²) in [5, 5.41) is 8.48. The fraction of sp³-hybridized carbons (Fsp3) is 0.500. The van der Waals surface area contributed by atoms with E-state index in [0.29, 0.717) is 13.0 Å². The van der Waals surface area contributed by atoms with Crippen LogP contribution in [0.2, 0.25) is 0 Å². The van der Waals surface area contributed by atoms with Crippen molar-refractivity contribution in [1.82, 2.24) is 9.29 Å². The highest BCUT2D eigenvalue weighted by atomic mass is 32.2. The number of carboxylic acid groups (broad SMARTS) is 1. The molecule has 7 heteroatoms. The van der Waals surface area contributed by atoms with E-state index in [4.69, 9.17) is 5.11 Å². The highest BCUT2D eigenvalue weighted by Gasteiger charge is 2.17. The van der Waals surface area contributed by atoms with E-state index in [0.717, 1.165) is 5.69 Å². The summed E-state index contributed by atoms with van der Waals surface area (Å²) in [6, 6.07) is 5.49. The SMILES string of the molecule is CN(CCc1ccccn1)S(=O)(=O)CCCC(=O)O. The summed E-state index contributed by atoms with van der Waals surface area (Å²) in [6.07, 6.45) is 2.20. The lowest BCUT2D eigenvalue weighted by atomic mass is 10.3. The summed E-state index contributed by atoms with van der Waals surface area (Å²) < 4.78 is 24.9. The standard InChI is InChI=1S/C12H18N2O4S/c1-14(9-7-11-5-2-3-8-13-11)19(17,18)10-4-6-12(15)16/h2-3,5,8H,4,6-7,9-10H2,1H3,(H,15,16). The van der Waals surface area contributed by atoms with E-state index >= 15 is 0 Å². The van der Waals surface area contributed by atoms with Gasteiger partial charge in [-0.3, -0.25) is 9.78 Å². The molecule has 1 N–H and O–H groups in total. The van der Waals surface area contributed by atoms with Gasteiger partial charge in [0.2, 0.25) is 10.0 Å². The van der Waals surface area contributed by atoms with Gasteiger partial charge in [-0.25, -0.2) is 12.7 Å². The number of likely N-dealkylation sites (N-methyl/N-ethyl adjacent to an activating group) is 1. The molecule has 0 amide bonds. The lowest BCUT2D eigenvalue weighted by Crippen LogP contribution is -2.31. The molecule has 0 bridgehead atoms. The van der Waals surface area contributed by atoms with Crippen LogP contribution in [0.4, 0.5) is 0 Å². The Kier molecular flexibility index (Phi) is 5.91. The van der Waals surface area contributed by atoms with Crippen molar-refractivity contribution in [3.8, 4) is 0 Å². The Morgan fingerprint density at radius 3 is 2.74 bits per heavy atom. The molecule has 0 aliphatic carbocycles. The molecule has 0 aromatic carbocycles. The zero-order valence-electron chi connectivity index (χ0n) is 10.8. The van der Waals surface area contributed by atoms with Crippen molar-refractivity contribution >= 4 is 16.0 Å². The molecular formula is C12H18N2O4S. The molecule has 0 fully saturated rings. The first-order valence-corrected chi connectivity index (χ1v) is 7.58. The number of hydrogen-bond acceptors (Lipinski definition) is 4. The molecule has 0 saturated heterocycles. The maximum absolute atomic E-state index is 11.8. The molecule has 1 aromatic rings. The number of nitrogens with zero attached hydrogens (tertiary/aromatic N) is 2. The Morgan fingerprint density at radius 1 is 1.42 bits per heavy atom. The van der Waals surface area contributed by atoms with Gasteiger partial charge in [0, 0.05) is 38.3 Å². The van der Waals surface area contributed by atoms with E-state index in [9.17, 15) is 13.2 Å². The predicted octanol–water partition coefficient (Wildman–Crippen LogP) is 0.750. The zero-order chi connectivity index (χ0) is 14.3. The maximum atomic E-state index is 11.8. The summed E-state index contributed by atoms with van der Waals surface area (Å²) in [5.74, 6) is -1.12. The predicted molar refractivity (Wildman–Crippen MR) is 71.2 cm³/mol. The largest absolute Gasteiger partial charge is 0.481 e. The highest BCUT2D eigenvalue weighted by Crippen LogP contribution is 2.05. The Bertz CT molecular complexity index is 502. The van der Waals surface area contributed by atoms with E-state index in [2.05, 4.69) is 4.98 Å². The van der Waals surface area contributed by atoms with Gasteiger partial charge in [-0.1, -0.05) is 6.07 Å². The first-order valence-electron chi connectivity index (χ1n) is 5.97. The van der Waals surface area contributed by atoms with Crippen LogP contribution in [0.15, 0.2) is 24.4 Å². The molecule has 19 heavy (non-hydrogen) atoms. The Hall–Kier alpha value is -1.47. The smallest absolute Gasteiger partial charge is 0.303 e. The first kappa shape index (κ1) is 15.6. The van der Waals surface area contributed by atoms with Crippen LogP contribution in [-0.2, 0) is 21.2 Å². The molecular weight excluding hydrogens is 268 g/mol. The Balaban J connectivity index is 2.43. The molecule has 0 radical (unpaired) electrons. The second-order valence-corrected chi connectivity index (χ2v) is 6.40. The molecule has 0 atom stereocenters. The van der Waals surface area contributed by atoms with Crippen molar-refractivity contribution in [2.24, 2.45) is 0 Å². The summed E-state index contributed by atoms with van der Waals surface area (Å²) in [5.41, 5.74) is 0.829. The third kappa shape index (κ3) is 5.80. The van der Waals surface area contributed by atoms with Gasteiger partial charge in [-0.15, -0.1) is 0 Å². The van der Waals surface area contributed by atoms with E-state index in [1.165, 1.54) is 11.4 Å². The van der Waals surface area contributed by atoms with Crippen molar-refractivity contribution in [2.45, 2.75) is 19.3 Å². The number of carbonyl (C=O) groups is 1. The molecule has 0 saturated carbocycles. The number of sulfonamides is 1. The van der Waals surface area contributed by atoms with Crippen molar-refractivity contribution < 1.29 is 18.3 Å². The molecule has 0 unspecified atom stereocenters. The first-order chi connectivity index (χ1) is 8.92. The van der Waals surface area contributed by atoms with Gasteiger partial charge in [-0.05, 0) is 18.6 Å². The average molecular weight is 286 g/mol. The van der Waals surface area contributed by atoms with Gasteiger partial charge in [-0.2, -0.15) is 0 Å². The Labute approximate surface area is 113 Å². The fourth-order valence-corrected chi connectivity index (χ4v) is 2.71. The maximum Gasteiger partial charge on any atom is 0.303 e. The van der Waals surface area contributed by atoms with Gasteiger partial charge >= 0.3 is 5.97 Å². The molecule has 0 spiro atoms. The minimum Gasteiger partial charge on any atom is -0.481 e. The molecule has 1 aromatic heterocycles. The molecule has 106 valence electrons. The van der Waals surface area contributed by atoms with Gasteiger partial charge in [0.15, 0.2) is 0 Å². The van der Waals surface area contributed by atoms with E-state index in [1.54, 1.807) is 12.3 Å². The van der Waals surface area contributed by atoms with Gasteiger partial charge < -0.3 is 5.11 Å². The van der Waals surface area contributed by atoms with Gasteiger partial charge in [0.05, 0.1) is 5.75 Å². The number of hydrogen-bond donors (Lipinski definition) is 1. The van der Waals surface area contributed by atoms with E-state index in [-0.39, 0.29) is 18.6 Å². The number of rotatable bonds is 8. The lowest BCUT2D eigenvalue weighted by Gasteiger charge is -2.16. The number of aliphatic carboxylic acids is 1. The lowest BCUT2D eigenvalue weighted by molar-refractivity contribution is -0.137. The number of aromatic nitrogens is 1. The number of pyridine rings is 1.